The Bertz CT molecular complexity index is 1460. The lowest BCUT2D eigenvalue weighted by atomic mass is 10.2. The topological polar surface area (TPSA) is 66.2 Å². The first kappa shape index (κ1) is 20.5. The summed E-state index contributed by atoms with van der Waals surface area (Å²) in [5.74, 6) is 1.76. The van der Waals surface area contributed by atoms with Crippen LogP contribution < -0.4 is 15.0 Å². The van der Waals surface area contributed by atoms with Crippen LogP contribution in [-0.2, 0) is 5.75 Å². The number of aromatic nitrogens is 3. The highest BCUT2D eigenvalue weighted by Gasteiger charge is 2.16. The quantitative estimate of drug-likeness (QED) is 0.252. The fourth-order valence-electron chi connectivity index (χ4n) is 3.51. The first-order valence-corrected chi connectivity index (χ1v) is 11.7. The Morgan fingerprint density at radius 2 is 1.66 bits per heavy atom. The number of fused-ring (bicyclic) bond motifs is 2. The smallest absolute Gasteiger partial charge is 0.266 e. The Labute approximate surface area is 192 Å². The molecule has 2 aromatic heterocycles. The molecular weight excluding hydrogens is 442 g/mol. The molecule has 32 heavy (non-hydrogen) atoms. The molecular formula is C24H19N3O3S2. The van der Waals surface area contributed by atoms with Gasteiger partial charge in [0.25, 0.3) is 5.56 Å². The van der Waals surface area contributed by atoms with Crippen molar-refractivity contribution in [3.05, 3.63) is 82.1 Å². The lowest BCUT2D eigenvalue weighted by Gasteiger charge is -2.15. The van der Waals surface area contributed by atoms with E-state index < -0.39 is 0 Å². The van der Waals surface area contributed by atoms with Crippen LogP contribution in [0.5, 0.6) is 11.5 Å². The molecule has 0 unspecified atom stereocenters. The second-order valence-electron chi connectivity index (χ2n) is 6.96. The molecule has 0 amide bonds. The highest BCUT2D eigenvalue weighted by Crippen LogP contribution is 2.32. The van der Waals surface area contributed by atoms with Gasteiger partial charge in [-0.05, 0) is 36.4 Å². The SMILES string of the molecule is COc1ccc(-n2c(SCc3nc4ccccc4s3)nc3ccccc3c2=O)cc1OC. The fraction of sp³-hybridized carbons (Fsp3) is 0.125. The van der Waals surface area contributed by atoms with Gasteiger partial charge < -0.3 is 9.47 Å². The van der Waals surface area contributed by atoms with Crippen LogP contribution in [0.25, 0.3) is 26.8 Å². The van der Waals surface area contributed by atoms with Crippen LogP contribution in [0.3, 0.4) is 0 Å². The number of hydrogen-bond acceptors (Lipinski definition) is 7. The summed E-state index contributed by atoms with van der Waals surface area (Å²) in [4.78, 5) is 23.0. The standard InChI is InChI=1S/C24H19N3O3S2/c1-29-19-12-11-15(13-20(19)30-2)27-23(28)16-7-3-4-8-17(16)26-24(27)31-14-22-25-18-9-5-6-10-21(18)32-22/h3-13H,14H2,1-2H3. The number of para-hydroxylation sites is 2. The number of nitrogens with zero attached hydrogens (tertiary/aromatic N) is 3. The van der Waals surface area contributed by atoms with Crippen molar-refractivity contribution in [2.24, 2.45) is 0 Å². The van der Waals surface area contributed by atoms with E-state index in [0.717, 1.165) is 15.2 Å². The van der Waals surface area contributed by atoms with E-state index in [4.69, 9.17) is 19.4 Å². The third-order valence-electron chi connectivity index (χ3n) is 5.03. The summed E-state index contributed by atoms with van der Waals surface area (Å²) in [5.41, 5.74) is 2.19. The third kappa shape index (κ3) is 3.72. The first-order valence-electron chi connectivity index (χ1n) is 9.89. The van der Waals surface area contributed by atoms with Gasteiger partial charge in [-0.15, -0.1) is 11.3 Å². The summed E-state index contributed by atoms with van der Waals surface area (Å²) in [7, 11) is 3.16. The fourth-order valence-corrected chi connectivity index (χ4v) is 5.48. The molecule has 0 radical (unpaired) electrons. The minimum Gasteiger partial charge on any atom is -0.493 e. The van der Waals surface area contributed by atoms with E-state index in [9.17, 15) is 4.79 Å². The van der Waals surface area contributed by atoms with E-state index in [1.165, 1.54) is 11.8 Å². The van der Waals surface area contributed by atoms with Crippen LogP contribution in [0.4, 0.5) is 0 Å². The van der Waals surface area contributed by atoms with Crippen molar-refractivity contribution < 1.29 is 9.47 Å². The van der Waals surface area contributed by atoms with Gasteiger partial charge in [0.2, 0.25) is 0 Å². The minimum atomic E-state index is -0.130. The lowest BCUT2D eigenvalue weighted by molar-refractivity contribution is 0.354. The molecule has 0 saturated heterocycles. The van der Waals surface area contributed by atoms with E-state index in [2.05, 4.69) is 6.07 Å². The van der Waals surface area contributed by atoms with Crippen molar-refractivity contribution in [3.63, 3.8) is 0 Å². The van der Waals surface area contributed by atoms with Crippen LogP contribution in [0.15, 0.2) is 76.7 Å². The molecule has 6 nitrogen and oxygen atoms in total. The number of thioether (sulfide) groups is 1. The highest BCUT2D eigenvalue weighted by atomic mass is 32.2. The van der Waals surface area contributed by atoms with Crippen molar-refractivity contribution in [1.82, 2.24) is 14.5 Å². The van der Waals surface area contributed by atoms with Gasteiger partial charge in [0, 0.05) is 6.07 Å². The lowest BCUT2D eigenvalue weighted by Crippen LogP contribution is -2.21. The Kier molecular flexibility index (Phi) is 5.55. The van der Waals surface area contributed by atoms with Crippen LogP contribution in [0.1, 0.15) is 5.01 Å². The van der Waals surface area contributed by atoms with E-state index in [1.54, 1.807) is 48.3 Å². The molecule has 0 N–H and O–H groups in total. The molecule has 5 aromatic rings. The number of rotatable bonds is 6. The zero-order valence-electron chi connectivity index (χ0n) is 17.4. The summed E-state index contributed by atoms with van der Waals surface area (Å²) >= 11 is 3.14. The molecule has 2 heterocycles. The molecule has 0 aliphatic rings. The molecule has 0 atom stereocenters. The van der Waals surface area contributed by atoms with Crippen molar-refractivity contribution in [2.75, 3.05) is 14.2 Å². The Hall–Kier alpha value is -3.36. The molecule has 0 aliphatic carbocycles. The summed E-state index contributed by atoms with van der Waals surface area (Å²) in [6, 6.07) is 20.9. The van der Waals surface area contributed by atoms with Gasteiger partial charge in [0.1, 0.15) is 5.01 Å². The number of hydrogen-bond donors (Lipinski definition) is 0. The van der Waals surface area contributed by atoms with E-state index in [1.807, 2.05) is 42.5 Å². The van der Waals surface area contributed by atoms with Gasteiger partial charge in [0.15, 0.2) is 16.7 Å². The number of ether oxygens (including phenoxy) is 2. The van der Waals surface area contributed by atoms with Gasteiger partial charge in [-0.25, -0.2) is 9.97 Å². The van der Waals surface area contributed by atoms with Gasteiger partial charge >= 0.3 is 0 Å². The summed E-state index contributed by atoms with van der Waals surface area (Å²) in [5, 5.41) is 2.14. The zero-order chi connectivity index (χ0) is 22.1. The minimum absolute atomic E-state index is 0.130. The molecule has 8 heteroatoms. The van der Waals surface area contributed by atoms with Crippen molar-refractivity contribution in [1.29, 1.82) is 0 Å². The maximum Gasteiger partial charge on any atom is 0.266 e. The summed E-state index contributed by atoms with van der Waals surface area (Å²) in [6.07, 6.45) is 0. The number of thiazole rings is 1. The van der Waals surface area contributed by atoms with E-state index >= 15 is 0 Å². The Morgan fingerprint density at radius 1 is 0.906 bits per heavy atom. The van der Waals surface area contributed by atoms with Gasteiger partial charge in [-0.2, -0.15) is 0 Å². The van der Waals surface area contributed by atoms with Crippen molar-refractivity contribution >= 4 is 44.2 Å². The average Bonchev–Trinajstić information content (AvgIpc) is 3.25. The second kappa shape index (κ2) is 8.64. The largest absolute Gasteiger partial charge is 0.493 e. The summed E-state index contributed by atoms with van der Waals surface area (Å²) < 4.78 is 13.6. The summed E-state index contributed by atoms with van der Waals surface area (Å²) in [6.45, 7) is 0. The Morgan fingerprint density at radius 3 is 2.44 bits per heavy atom. The van der Waals surface area contributed by atoms with Crippen LogP contribution in [0, 0.1) is 0 Å². The molecule has 0 bridgehead atoms. The zero-order valence-corrected chi connectivity index (χ0v) is 19.1. The second-order valence-corrected chi connectivity index (χ2v) is 9.01. The highest BCUT2D eigenvalue weighted by molar-refractivity contribution is 7.98. The molecule has 0 spiro atoms. The van der Waals surface area contributed by atoms with E-state index in [-0.39, 0.29) is 5.56 Å². The molecule has 0 aliphatic heterocycles. The maximum absolute atomic E-state index is 13.5. The van der Waals surface area contributed by atoms with Gasteiger partial charge in [-0.1, -0.05) is 36.0 Å². The molecule has 5 rings (SSSR count). The van der Waals surface area contributed by atoms with Gasteiger partial charge in [0.05, 0.1) is 46.8 Å². The third-order valence-corrected chi connectivity index (χ3v) is 7.20. The van der Waals surface area contributed by atoms with Crippen LogP contribution >= 0.6 is 23.1 Å². The molecule has 160 valence electrons. The van der Waals surface area contributed by atoms with Crippen molar-refractivity contribution in [2.45, 2.75) is 10.9 Å². The molecule has 0 fully saturated rings. The maximum atomic E-state index is 13.5. The normalized spacial score (nSPS) is 11.2. The number of methoxy groups -OCH3 is 2. The van der Waals surface area contributed by atoms with Crippen LogP contribution in [-0.4, -0.2) is 28.8 Å². The van der Waals surface area contributed by atoms with E-state index in [0.29, 0.717) is 39.0 Å². The monoisotopic (exact) mass is 461 g/mol. The van der Waals surface area contributed by atoms with Crippen LogP contribution in [0.2, 0.25) is 0 Å². The Balaban J connectivity index is 1.61. The van der Waals surface area contributed by atoms with Crippen molar-refractivity contribution in [3.8, 4) is 17.2 Å². The predicted octanol–water partition coefficient (Wildman–Crippen LogP) is 5.30. The molecule has 3 aromatic carbocycles. The predicted molar refractivity (Wildman–Crippen MR) is 130 cm³/mol. The first-order chi connectivity index (χ1) is 15.7. The molecule has 0 saturated carbocycles. The number of benzene rings is 3. The van der Waals surface area contributed by atoms with Gasteiger partial charge in [-0.3, -0.25) is 9.36 Å². The average molecular weight is 462 g/mol.